The zero-order valence-corrected chi connectivity index (χ0v) is 12.3. The third kappa shape index (κ3) is 3.26. The van der Waals surface area contributed by atoms with E-state index in [2.05, 4.69) is 0 Å². The summed E-state index contributed by atoms with van der Waals surface area (Å²) in [5.41, 5.74) is 1.14. The number of carbonyl (C=O) groups excluding carboxylic acids is 1. The number of carbonyl (C=O) groups is 1. The average Bonchev–Trinajstić information content (AvgIpc) is 2.55. The van der Waals surface area contributed by atoms with Gasteiger partial charge >= 0.3 is 5.97 Å². The van der Waals surface area contributed by atoms with E-state index in [1.165, 1.54) is 0 Å². The van der Waals surface area contributed by atoms with E-state index in [-0.39, 0.29) is 6.61 Å². The standard InChI is InChI=1S/C19H16O3/c1-14-9-11-16(12-10-14)21-13-19(20)22-18-8-4-6-15-5-2-3-7-17(15)18/h2-12H,13H2,1H3. The minimum Gasteiger partial charge on any atom is -0.482 e. The maximum absolute atomic E-state index is 11.9. The maximum Gasteiger partial charge on any atom is 0.349 e. The van der Waals surface area contributed by atoms with Gasteiger partial charge in [-0.3, -0.25) is 0 Å². The van der Waals surface area contributed by atoms with Crippen LogP contribution in [0.5, 0.6) is 11.5 Å². The fraction of sp³-hybridized carbons (Fsp3) is 0.105. The third-order valence-corrected chi connectivity index (χ3v) is 3.35. The SMILES string of the molecule is Cc1ccc(OCC(=O)Oc2cccc3ccccc23)cc1. The highest BCUT2D eigenvalue weighted by molar-refractivity contribution is 5.90. The van der Waals surface area contributed by atoms with Gasteiger partial charge in [-0.15, -0.1) is 0 Å². The van der Waals surface area contributed by atoms with Gasteiger partial charge in [0, 0.05) is 5.39 Å². The number of aryl methyl sites for hydroxylation is 1. The lowest BCUT2D eigenvalue weighted by Crippen LogP contribution is -2.17. The van der Waals surface area contributed by atoms with Crippen LogP contribution in [-0.2, 0) is 4.79 Å². The van der Waals surface area contributed by atoms with Crippen molar-refractivity contribution in [3.8, 4) is 11.5 Å². The van der Waals surface area contributed by atoms with E-state index in [1.807, 2.05) is 67.6 Å². The Morgan fingerprint density at radius 2 is 1.64 bits per heavy atom. The van der Waals surface area contributed by atoms with Crippen molar-refractivity contribution < 1.29 is 14.3 Å². The monoisotopic (exact) mass is 292 g/mol. The summed E-state index contributed by atoms with van der Waals surface area (Å²) in [5, 5.41) is 1.95. The van der Waals surface area contributed by atoms with Crippen LogP contribution in [0.25, 0.3) is 10.8 Å². The van der Waals surface area contributed by atoms with Crippen molar-refractivity contribution in [1.29, 1.82) is 0 Å². The fourth-order valence-electron chi connectivity index (χ4n) is 2.21. The smallest absolute Gasteiger partial charge is 0.349 e. The molecule has 3 rings (SSSR count). The number of ether oxygens (including phenoxy) is 2. The Hall–Kier alpha value is -2.81. The molecule has 0 radical (unpaired) electrons. The van der Waals surface area contributed by atoms with Crippen LogP contribution in [0.4, 0.5) is 0 Å². The van der Waals surface area contributed by atoms with Gasteiger partial charge in [0.05, 0.1) is 0 Å². The van der Waals surface area contributed by atoms with E-state index in [0.717, 1.165) is 16.3 Å². The zero-order chi connectivity index (χ0) is 15.4. The Morgan fingerprint density at radius 3 is 2.45 bits per heavy atom. The Balaban J connectivity index is 1.67. The molecule has 0 aliphatic carbocycles. The van der Waals surface area contributed by atoms with Crippen molar-refractivity contribution in [2.75, 3.05) is 6.61 Å². The van der Waals surface area contributed by atoms with Crippen molar-refractivity contribution in [2.24, 2.45) is 0 Å². The second-order valence-corrected chi connectivity index (χ2v) is 5.05. The summed E-state index contributed by atoms with van der Waals surface area (Å²) in [4.78, 5) is 11.9. The second kappa shape index (κ2) is 6.31. The molecule has 0 fully saturated rings. The van der Waals surface area contributed by atoms with Gasteiger partial charge < -0.3 is 9.47 Å². The summed E-state index contributed by atoms with van der Waals surface area (Å²) >= 11 is 0. The summed E-state index contributed by atoms with van der Waals surface area (Å²) in [7, 11) is 0. The number of benzene rings is 3. The summed E-state index contributed by atoms with van der Waals surface area (Å²) in [6.07, 6.45) is 0. The Bertz CT molecular complexity index is 786. The van der Waals surface area contributed by atoms with Crippen LogP contribution in [0.15, 0.2) is 66.7 Å². The number of hydrogen-bond donors (Lipinski definition) is 0. The predicted octanol–water partition coefficient (Wildman–Crippen LogP) is 4.13. The molecule has 0 aliphatic heterocycles. The molecule has 0 atom stereocenters. The van der Waals surface area contributed by atoms with Gasteiger partial charge in [-0.2, -0.15) is 0 Å². The first kappa shape index (κ1) is 14.1. The highest BCUT2D eigenvalue weighted by Gasteiger charge is 2.08. The number of fused-ring (bicyclic) bond motifs is 1. The van der Waals surface area contributed by atoms with Gasteiger partial charge in [0.15, 0.2) is 6.61 Å². The normalized spacial score (nSPS) is 10.4. The van der Waals surface area contributed by atoms with Crippen LogP contribution in [-0.4, -0.2) is 12.6 Å². The molecule has 0 spiro atoms. The quantitative estimate of drug-likeness (QED) is 0.535. The molecule has 0 N–H and O–H groups in total. The van der Waals surface area contributed by atoms with Gasteiger partial charge in [0.1, 0.15) is 11.5 Å². The highest BCUT2D eigenvalue weighted by Crippen LogP contribution is 2.25. The summed E-state index contributed by atoms with van der Waals surface area (Å²) in [5.74, 6) is 0.785. The lowest BCUT2D eigenvalue weighted by molar-refractivity contribution is -0.136. The molecule has 0 amide bonds. The molecule has 0 aliphatic rings. The maximum atomic E-state index is 11.9. The van der Waals surface area contributed by atoms with Crippen LogP contribution in [0, 0.1) is 6.92 Å². The lowest BCUT2D eigenvalue weighted by atomic mass is 10.1. The summed E-state index contributed by atoms with van der Waals surface area (Å²) < 4.78 is 10.8. The van der Waals surface area contributed by atoms with E-state index >= 15 is 0 Å². The zero-order valence-electron chi connectivity index (χ0n) is 12.3. The molecule has 0 unspecified atom stereocenters. The van der Waals surface area contributed by atoms with Crippen molar-refractivity contribution in [2.45, 2.75) is 6.92 Å². The molecular formula is C19H16O3. The van der Waals surface area contributed by atoms with Crippen LogP contribution >= 0.6 is 0 Å². The largest absolute Gasteiger partial charge is 0.482 e. The van der Waals surface area contributed by atoms with Gasteiger partial charge in [-0.05, 0) is 30.5 Å². The second-order valence-electron chi connectivity index (χ2n) is 5.05. The third-order valence-electron chi connectivity index (χ3n) is 3.35. The summed E-state index contributed by atoms with van der Waals surface area (Å²) in [6.45, 7) is 1.88. The number of hydrogen-bond acceptors (Lipinski definition) is 3. The average molecular weight is 292 g/mol. The van der Waals surface area contributed by atoms with E-state index in [4.69, 9.17) is 9.47 Å². The van der Waals surface area contributed by atoms with E-state index < -0.39 is 5.97 Å². The molecule has 3 heteroatoms. The van der Waals surface area contributed by atoms with Crippen LogP contribution in [0.1, 0.15) is 5.56 Å². The number of rotatable bonds is 4. The van der Waals surface area contributed by atoms with Crippen molar-refractivity contribution in [3.05, 3.63) is 72.3 Å². The summed E-state index contributed by atoms with van der Waals surface area (Å²) in [6, 6.07) is 21.0. The highest BCUT2D eigenvalue weighted by atomic mass is 16.6. The van der Waals surface area contributed by atoms with Crippen molar-refractivity contribution in [3.63, 3.8) is 0 Å². The molecular weight excluding hydrogens is 276 g/mol. The van der Waals surface area contributed by atoms with E-state index in [1.54, 1.807) is 6.07 Å². The first-order valence-electron chi connectivity index (χ1n) is 7.10. The number of esters is 1. The molecule has 3 aromatic carbocycles. The molecule has 0 saturated carbocycles. The Labute approximate surface area is 129 Å². The molecule has 0 heterocycles. The Morgan fingerprint density at radius 1 is 0.909 bits per heavy atom. The topological polar surface area (TPSA) is 35.5 Å². The van der Waals surface area contributed by atoms with Crippen molar-refractivity contribution >= 4 is 16.7 Å². The van der Waals surface area contributed by atoms with Crippen LogP contribution < -0.4 is 9.47 Å². The van der Waals surface area contributed by atoms with Gasteiger partial charge in [-0.1, -0.05) is 54.1 Å². The molecule has 110 valence electrons. The molecule has 0 bridgehead atoms. The Kier molecular flexibility index (Phi) is 4.05. The van der Waals surface area contributed by atoms with Gasteiger partial charge in [-0.25, -0.2) is 4.79 Å². The molecule has 22 heavy (non-hydrogen) atoms. The molecule has 0 aromatic heterocycles. The molecule has 3 aromatic rings. The lowest BCUT2D eigenvalue weighted by Gasteiger charge is -2.09. The van der Waals surface area contributed by atoms with E-state index in [9.17, 15) is 4.79 Å². The van der Waals surface area contributed by atoms with Crippen LogP contribution in [0.3, 0.4) is 0 Å². The van der Waals surface area contributed by atoms with Crippen LogP contribution in [0.2, 0.25) is 0 Å². The molecule has 3 nitrogen and oxygen atoms in total. The predicted molar refractivity (Wildman–Crippen MR) is 86.3 cm³/mol. The minimum absolute atomic E-state index is 0.119. The minimum atomic E-state index is -0.420. The van der Waals surface area contributed by atoms with Gasteiger partial charge in [0.25, 0.3) is 0 Å². The van der Waals surface area contributed by atoms with Gasteiger partial charge in [0.2, 0.25) is 0 Å². The first-order valence-corrected chi connectivity index (χ1v) is 7.10. The van der Waals surface area contributed by atoms with Crippen molar-refractivity contribution in [1.82, 2.24) is 0 Å². The fourth-order valence-corrected chi connectivity index (χ4v) is 2.21. The molecule has 0 saturated heterocycles. The first-order chi connectivity index (χ1) is 10.7. The van der Waals surface area contributed by atoms with E-state index in [0.29, 0.717) is 11.5 Å².